The highest BCUT2D eigenvalue weighted by molar-refractivity contribution is 7.89. The number of hydrogen-bond donors (Lipinski definition) is 0. The van der Waals surface area contributed by atoms with Crippen LogP contribution in [0.1, 0.15) is 31.9 Å². The zero-order valence-corrected chi connectivity index (χ0v) is 12.7. The summed E-state index contributed by atoms with van der Waals surface area (Å²) in [5, 5.41) is 8.83. The molecule has 0 bridgehead atoms. The smallest absolute Gasteiger partial charge is 0.212 e. The molecule has 0 unspecified atom stereocenters. The van der Waals surface area contributed by atoms with Gasteiger partial charge in [-0.15, -0.1) is 0 Å². The van der Waals surface area contributed by atoms with Crippen molar-refractivity contribution in [2.24, 2.45) is 5.41 Å². The lowest BCUT2D eigenvalue weighted by Crippen LogP contribution is -2.33. The summed E-state index contributed by atoms with van der Waals surface area (Å²) in [6, 6.07) is 9.05. The third-order valence-electron chi connectivity index (χ3n) is 2.55. The van der Waals surface area contributed by atoms with Crippen LogP contribution < -0.4 is 0 Å². The van der Waals surface area contributed by atoms with E-state index in [9.17, 15) is 8.42 Å². The summed E-state index contributed by atoms with van der Waals surface area (Å²) < 4.78 is 25.7. The second kappa shape index (κ2) is 5.72. The van der Waals surface area contributed by atoms with Crippen molar-refractivity contribution in [1.82, 2.24) is 4.31 Å². The lowest BCUT2D eigenvalue weighted by molar-refractivity contribution is 0.420. The maximum absolute atomic E-state index is 12.2. The minimum atomic E-state index is -3.29. The molecule has 0 N–H and O–H groups in total. The summed E-state index contributed by atoms with van der Waals surface area (Å²) in [7, 11) is -1.72. The summed E-state index contributed by atoms with van der Waals surface area (Å²) >= 11 is 0. The monoisotopic (exact) mass is 280 g/mol. The summed E-state index contributed by atoms with van der Waals surface area (Å²) in [5.41, 5.74) is 1.08. The molecule has 104 valence electrons. The molecule has 1 rings (SSSR count). The van der Waals surface area contributed by atoms with Crippen LogP contribution >= 0.6 is 0 Å². The van der Waals surface area contributed by atoms with Crippen molar-refractivity contribution in [2.45, 2.75) is 27.3 Å². The van der Waals surface area contributed by atoms with E-state index in [0.29, 0.717) is 5.56 Å². The van der Waals surface area contributed by atoms with Gasteiger partial charge < -0.3 is 0 Å². The Morgan fingerprint density at radius 2 is 1.95 bits per heavy atom. The summed E-state index contributed by atoms with van der Waals surface area (Å²) in [5.74, 6) is 0.106. The predicted molar refractivity (Wildman–Crippen MR) is 75.9 cm³/mol. The molecule has 0 spiro atoms. The Labute approximate surface area is 115 Å². The van der Waals surface area contributed by atoms with E-state index in [1.54, 1.807) is 25.2 Å². The average molecular weight is 280 g/mol. The van der Waals surface area contributed by atoms with Crippen molar-refractivity contribution in [1.29, 1.82) is 5.26 Å². The molecule has 0 aliphatic carbocycles. The molecule has 0 aliphatic heterocycles. The fourth-order valence-corrected chi connectivity index (χ4v) is 3.41. The van der Waals surface area contributed by atoms with Crippen molar-refractivity contribution in [2.75, 3.05) is 12.8 Å². The third kappa shape index (κ3) is 5.01. The van der Waals surface area contributed by atoms with E-state index in [1.807, 2.05) is 32.9 Å². The van der Waals surface area contributed by atoms with Crippen LogP contribution in [-0.2, 0) is 16.6 Å². The summed E-state index contributed by atoms with van der Waals surface area (Å²) in [6.45, 7) is 5.98. The molecule has 5 heteroatoms. The first kappa shape index (κ1) is 15.7. The number of benzene rings is 1. The molecule has 0 heterocycles. The summed E-state index contributed by atoms with van der Waals surface area (Å²) in [4.78, 5) is 0. The van der Waals surface area contributed by atoms with Gasteiger partial charge in [0.05, 0.1) is 17.4 Å². The highest BCUT2D eigenvalue weighted by atomic mass is 32.2. The Balaban J connectivity index is 2.85. The molecular formula is C14H20N2O2S. The number of nitrogens with zero attached hydrogens (tertiary/aromatic N) is 2. The second-order valence-electron chi connectivity index (χ2n) is 5.89. The molecule has 0 aliphatic rings. The van der Waals surface area contributed by atoms with Gasteiger partial charge in [0.2, 0.25) is 10.0 Å². The Morgan fingerprint density at radius 3 is 2.47 bits per heavy atom. The Morgan fingerprint density at radius 1 is 1.32 bits per heavy atom. The first-order valence-corrected chi connectivity index (χ1v) is 7.68. The predicted octanol–water partition coefficient (Wildman–Crippen LogP) is 2.37. The van der Waals surface area contributed by atoms with Gasteiger partial charge in [-0.3, -0.25) is 0 Å². The normalized spacial score (nSPS) is 12.4. The Hall–Kier alpha value is -1.38. The molecule has 0 saturated carbocycles. The molecule has 19 heavy (non-hydrogen) atoms. The third-order valence-corrected chi connectivity index (χ3v) is 4.86. The SMILES string of the molecule is CN(Cc1cccc(C#N)c1)S(=O)(=O)CC(C)(C)C. The molecule has 0 aromatic heterocycles. The van der Waals surface area contributed by atoms with Crippen molar-refractivity contribution < 1.29 is 8.42 Å². The molecule has 1 aromatic rings. The van der Waals surface area contributed by atoms with Gasteiger partial charge in [-0.1, -0.05) is 32.9 Å². The largest absolute Gasteiger partial charge is 0.214 e. The van der Waals surface area contributed by atoms with E-state index >= 15 is 0 Å². The first-order chi connectivity index (χ1) is 8.64. The molecule has 0 atom stereocenters. The Bertz CT molecular complexity index is 580. The molecule has 0 radical (unpaired) electrons. The molecule has 0 saturated heterocycles. The van der Waals surface area contributed by atoms with Crippen LogP contribution in [0.3, 0.4) is 0 Å². The van der Waals surface area contributed by atoms with Gasteiger partial charge >= 0.3 is 0 Å². The van der Waals surface area contributed by atoms with E-state index in [-0.39, 0.29) is 17.7 Å². The maximum Gasteiger partial charge on any atom is 0.214 e. The van der Waals surface area contributed by atoms with Gasteiger partial charge in [0.1, 0.15) is 0 Å². The molecule has 0 fully saturated rings. The van der Waals surface area contributed by atoms with Gasteiger partial charge in [-0.05, 0) is 23.1 Å². The van der Waals surface area contributed by atoms with E-state index in [2.05, 4.69) is 0 Å². The van der Waals surface area contributed by atoms with E-state index < -0.39 is 10.0 Å². The van der Waals surface area contributed by atoms with Crippen molar-refractivity contribution in [3.05, 3.63) is 35.4 Å². The zero-order chi connectivity index (χ0) is 14.7. The number of nitriles is 1. The van der Waals surface area contributed by atoms with Gasteiger partial charge in [-0.25, -0.2) is 12.7 Å². The van der Waals surface area contributed by atoms with Gasteiger partial charge in [0.25, 0.3) is 0 Å². The quantitative estimate of drug-likeness (QED) is 0.850. The van der Waals surface area contributed by atoms with Crippen LogP contribution in [0.25, 0.3) is 0 Å². The number of sulfonamides is 1. The van der Waals surface area contributed by atoms with Gasteiger partial charge in [-0.2, -0.15) is 5.26 Å². The van der Waals surface area contributed by atoms with Crippen molar-refractivity contribution >= 4 is 10.0 Å². The topological polar surface area (TPSA) is 61.2 Å². The number of hydrogen-bond acceptors (Lipinski definition) is 3. The highest BCUT2D eigenvalue weighted by Gasteiger charge is 2.25. The lowest BCUT2D eigenvalue weighted by Gasteiger charge is -2.23. The Kier molecular flexibility index (Phi) is 4.72. The summed E-state index contributed by atoms with van der Waals surface area (Å²) in [6.07, 6.45) is 0. The minimum absolute atomic E-state index is 0.106. The van der Waals surface area contributed by atoms with Gasteiger partial charge in [0.15, 0.2) is 0 Å². The van der Waals surface area contributed by atoms with Crippen LogP contribution in [0.5, 0.6) is 0 Å². The standard InChI is InChI=1S/C14H20N2O2S/c1-14(2,3)11-19(17,18)16(4)10-13-7-5-6-12(8-13)9-15/h5-8H,10-11H2,1-4H3. The van der Waals surface area contributed by atoms with Crippen LogP contribution in [0, 0.1) is 16.7 Å². The fraction of sp³-hybridized carbons (Fsp3) is 0.500. The first-order valence-electron chi connectivity index (χ1n) is 6.07. The molecule has 1 aromatic carbocycles. The van der Waals surface area contributed by atoms with Crippen LogP contribution in [-0.4, -0.2) is 25.5 Å². The molecular weight excluding hydrogens is 260 g/mol. The van der Waals surface area contributed by atoms with Crippen LogP contribution in [0.15, 0.2) is 24.3 Å². The average Bonchev–Trinajstić information content (AvgIpc) is 2.26. The highest BCUT2D eigenvalue weighted by Crippen LogP contribution is 2.19. The fourth-order valence-electron chi connectivity index (χ4n) is 1.75. The number of rotatable bonds is 4. The van der Waals surface area contributed by atoms with Crippen LogP contribution in [0.4, 0.5) is 0 Å². The minimum Gasteiger partial charge on any atom is -0.212 e. The molecule has 4 nitrogen and oxygen atoms in total. The maximum atomic E-state index is 12.2. The second-order valence-corrected chi connectivity index (χ2v) is 7.96. The molecule has 0 amide bonds. The van der Waals surface area contributed by atoms with Crippen LogP contribution in [0.2, 0.25) is 0 Å². The van der Waals surface area contributed by atoms with Crippen molar-refractivity contribution in [3.8, 4) is 6.07 Å². The van der Waals surface area contributed by atoms with E-state index in [4.69, 9.17) is 5.26 Å². The van der Waals surface area contributed by atoms with Crippen molar-refractivity contribution in [3.63, 3.8) is 0 Å². The lowest BCUT2D eigenvalue weighted by atomic mass is 10.0. The van der Waals surface area contributed by atoms with E-state index in [0.717, 1.165) is 5.56 Å². The van der Waals surface area contributed by atoms with Gasteiger partial charge in [0, 0.05) is 13.6 Å². The van der Waals surface area contributed by atoms with E-state index in [1.165, 1.54) is 4.31 Å². The zero-order valence-electron chi connectivity index (χ0n) is 11.8.